The normalized spacial score (nSPS) is 11.8. The Kier molecular flexibility index (Phi) is 3.79. The van der Waals surface area contributed by atoms with E-state index < -0.39 is 0 Å². The van der Waals surface area contributed by atoms with Gasteiger partial charge in [-0.1, -0.05) is 35.9 Å². The Morgan fingerprint density at radius 2 is 1.95 bits per heavy atom. The van der Waals surface area contributed by atoms with Crippen LogP contribution < -0.4 is 5.84 Å². The van der Waals surface area contributed by atoms with Crippen LogP contribution in [0.3, 0.4) is 0 Å². The third kappa shape index (κ3) is 2.85. The third-order valence-electron chi connectivity index (χ3n) is 3.26. The summed E-state index contributed by atoms with van der Waals surface area (Å²) in [7, 11) is 0. The van der Waals surface area contributed by atoms with E-state index in [1.165, 1.54) is 0 Å². The van der Waals surface area contributed by atoms with Crippen LogP contribution in [0, 0.1) is 0 Å². The monoisotopic (exact) mass is 296 g/mol. The van der Waals surface area contributed by atoms with E-state index in [1.807, 2.05) is 42.5 Å². The van der Waals surface area contributed by atoms with Crippen molar-refractivity contribution in [3.05, 3.63) is 71.1 Å². The summed E-state index contributed by atoms with van der Waals surface area (Å²) in [5.74, 6) is 5.54. The number of hydrazone groups is 1. The number of benzene rings is 1. The van der Waals surface area contributed by atoms with Gasteiger partial charge in [0.1, 0.15) is 5.15 Å². The van der Waals surface area contributed by atoms with Gasteiger partial charge in [-0.15, -0.1) is 0 Å². The van der Waals surface area contributed by atoms with Crippen molar-refractivity contribution >= 4 is 28.2 Å². The second-order valence-electron chi connectivity index (χ2n) is 4.59. The van der Waals surface area contributed by atoms with Crippen LogP contribution in [0.1, 0.15) is 11.3 Å². The minimum Gasteiger partial charge on any atom is -0.323 e. The summed E-state index contributed by atoms with van der Waals surface area (Å²) in [6.07, 6.45) is 2.37. The summed E-state index contributed by atoms with van der Waals surface area (Å²) in [5.41, 5.74) is 3.43. The molecule has 0 fully saturated rings. The molecule has 3 aromatic rings. The Labute approximate surface area is 127 Å². The molecule has 104 valence electrons. The molecule has 21 heavy (non-hydrogen) atoms. The molecule has 0 unspecified atom stereocenters. The molecule has 0 bridgehead atoms. The molecule has 0 aliphatic rings. The van der Waals surface area contributed by atoms with Gasteiger partial charge in [0.25, 0.3) is 0 Å². The maximum Gasteiger partial charge on any atom is 0.129 e. The first-order valence-electron chi connectivity index (χ1n) is 6.50. The summed E-state index contributed by atoms with van der Waals surface area (Å²) in [6, 6.07) is 15.4. The minimum atomic E-state index is 0.424. The number of pyridine rings is 2. The second-order valence-corrected chi connectivity index (χ2v) is 4.97. The van der Waals surface area contributed by atoms with E-state index in [0.717, 1.165) is 16.5 Å². The number of halogens is 1. The predicted octanol–water partition coefficient (Wildman–Crippen LogP) is 3.19. The van der Waals surface area contributed by atoms with Crippen molar-refractivity contribution in [1.82, 2.24) is 9.97 Å². The van der Waals surface area contributed by atoms with Gasteiger partial charge in [-0.25, -0.2) is 4.98 Å². The van der Waals surface area contributed by atoms with Crippen LogP contribution in [0.4, 0.5) is 0 Å². The molecule has 1 aromatic carbocycles. The van der Waals surface area contributed by atoms with Crippen molar-refractivity contribution in [1.29, 1.82) is 0 Å². The highest BCUT2D eigenvalue weighted by atomic mass is 35.5. The van der Waals surface area contributed by atoms with Crippen molar-refractivity contribution in [2.75, 3.05) is 0 Å². The third-order valence-corrected chi connectivity index (χ3v) is 3.47. The van der Waals surface area contributed by atoms with Gasteiger partial charge in [-0.2, -0.15) is 5.10 Å². The van der Waals surface area contributed by atoms with Gasteiger partial charge >= 0.3 is 0 Å². The van der Waals surface area contributed by atoms with Gasteiger partial charge in [0, 0.05) is 18.0 Å². The molecule has 5 heteroatoms. The average Bonchev–Trinajstić information content (AvgIpc) is 2.52. The number of fused-ring (bicyclic) bond motifs is 1. The van der Waals surface area contributed by atoms with E-state index in [2.05, 4.69) is 15.1 Å². The summed E-state index contributed by atoms with van der Waals surface area (Å²) in [5, 5.41) is 5.39. The average molecular weight is 297 g/mol. The fraction of sp³-hybridized carbons (Fsp3) is 0.0625. The first-order valence-corrected chi connectivity index (χ1v) is 6.88. The van der Waals surface area contributed by atoms with Crippen LogP contribution >= 0.6 is 11.6 Å². The first-order chi connectivity index (χ1) is 10.3. The van der Waals surface area contributed by atoms with E-state index in [1.54, 1.807) is 12.3 Å². The lowest BCUT2D eigenvalue weighted by Crippen LogP contribution is -2.10. The van der Waals surface area contributed by atoms with Crippen molar-refractivity contribution in [3.8, 4) is 0 Å². The molecule has 0 aliphatic carbocycles. The van der Waals surface area contributed by atoms with Crippen molar-refractivity contribution in [2.45, 2.75) is 6.42 Å². The minimum absolute atomic E-state index is 0.424. The molecule has 0 aliphatic heterocycles. The SMILES string of the molecule is N/N=C(/Cc1ccnc2ccccc12)c1cccc(Cl)n1. The largest absolute Gasteiger partial charge is 0.323 e. The molecule has 2 N–H and O–H groups in total. The molecule has 0 saturated carbocycles. The lowest BCUT2D eigenvalue weighted by Gasteiger charge is -2.08. The lowest BCUT2D eigenvalue weighted by molar-refractivity contribution is 1.16. The van der Waals surface area contributed by atoms with Gasteiger partial charge in [0.2, 0.25) is 0 Å². The number of nitrogens with zero attached hydrogens (tertiary/aromatic N) is 3. The summed E-state index contributed by atoms with van der Waals surface area (Å²) in [6.45, 7) is 0. The van der Waals surface area contributed by atoms with Crippen molar-refractivity contribution < 1.29 is 0 Å². The van der Waals surface area contributed by atoms with Gasteiger partial charge in [-0.3, -0.25) is 4.98 Å². The van der Waals surface area contributed by atoms with Crippen LogP contribution in [-0.2, 0) is 6.42 Å². The second kappa shape index (κ2) is 5.89. The quantitative estimate of drug-likeness (QED) is 0.349. The molecule has 0 saturated heterocycles. The molecule has 2 aromatic heterocycles. The summed E-state index contributed by atoms with van der Waals surface area (Å²) in [4.78, 5) is 8.61. The first kappa shape index (κ1) is 13.5. The van der Waals surface area contributed by atoms with E-state index in [9.17, 15) is 0 Å². The van der Waals surface area contributed by atoms with Crippen LogP contribution in [0.15, 0.2) is 59.8 Å². The Morgan fingerprint density at radius 1 is 1.10 bits per heavy atom. The standard InChI is InChI=1S/C16H13ClN4/c17-16-7-3-6-14(20-16)15(21-18)10-11-8-9-19-13-5-2-1-4-12(11)13/h1-9H,10,18H2/b21-15-. The van der Waals surface area contributed by atoms with Crippen molar-refractivity contribution in [2.24, 2.45) is 10.9 Å². The lowest BCUT2D eigenvalue weighted by atomic mass is 10.0. The topological polar surface area (TPSA) is 64.2 Å². The van der Waals surface area contributed by atoms with E-state index in [4.69, 9.17) is 17.4 Å². The number of hydrogen-bond acceptors (Lipinski definition) is 4. The van der Waals surface area contributed by atoms with Gasteiger partial charge < -0.3 is 5.84 Å². The zero-order valence-electron chi connectivity index (χ0n) is 11.2. The highest BCUT2D eigenvalue weighted by Gasteiger charge is 2.10. The number of rotatable bonds is 3. The van der Waals surface area contributed by atoms with Gasteiger partial charge in [0.05, 0.1) is 16.9 Å². The molecule has 3 rings (SSSR count). The number of aromatic nitrogens is 2. The Hall–Kier alpha value is -2.46. The fourth-order valence-corrected chi connectivity index (χ4v) is 2.42. The molecule has 0 atom stereocenters. The number of nitrogens with two attached hydrogens (primary N) is 1. The Balaban J connectivity index is 2.01. The number of para-hydroxylation sites is 1. The van der Waals surface area contributed by atoms with Crippen LogP contribution in [0.2, 0.25) is 5.15 Å². The highest BCUT2D eigenvalue weighted by Crippen LogP contribution is 2.18. The fourth-order valence-electron chi connectivity index (χ4n) is 2.26. The van der Waals surface area contributed by atoms with Crippen LogP contribution in [0.25, 0.3) is 10.9 Å². The zero-order chi connectivity index (χ0) is 14.7. The summed E-state index contributed by atoms with van der Waals surface area (Å²) < 4.78 is 0. The molecule has 0 radical (unpaired) electrons. The maximum atomic E-state index is 5.93. The van der Waals surface area contributed by atoms with Crippen LogP contribution in [-0.4, -0.2) is 15.7 Å². The van der Waals surface area contributed by atoms with Gasteiger partial charge in [0.15, 0.2) is 0 Å². The molecule has 0 spiro atoms. The zero-order valence-corrected chi connectivity index (χ0v) is 12.0. The predicted molar refractivity (Wildman–Crippen MR) is 85.4 cm³/mol. The van der Waals surface area contributed by atoms with E-state index >= 15 is 0 Å². The summed E-state index contributed by atoms with van der Waals surface area (Å²) >= 11 is 5.93. The maximum absolute atomic E-state index is 5.93. The van der Waals surface area contributed by atoms with E-state index in [0.29, 0.717) is 23.0 Å². The Bertz CT molecular complexity index is 809. The molecule has 2 heterocycles. The van der Waals surface area contributed by atoms with Crippen molar-refractivity contribution in [3.63, 3.8) is 0 Å². The highest BCUT2D eigenvalue weighted by molar-refractivity contribution is 6.29. The molecular weight excluding hydrogens is 284 g/mol. The Morgan fingerprint density at radius 3 is 2.76 bits per heavy atom. The molecular formula is C16H13ClN4. The molecule has 4 nitrogen and oxygen atoms in total. The number of hydrogen-bond donors (Lipinski definition) is 1. The van der Waals surface area contributed by atoms with Crippen LogP contribution in [0.5, 0.6) is 0 Å². The van der Waals surface area contributed by atoms with Gasteiger partial charge in [-0.05, 0) is 29.8 Å². The molecule has 0 amide bonds. The smallest absolute Gasteiger partial charge is 0.129 e. The van der Waals surface area contributed by atoms with E-state index in [-0.39, 0.29) is 0 Å².